The van der Waals surface area contributed by atoms with Crippen LogP contribution in [-0.4, -0.2) is 30.2 Å². The zero-order valence-electron chi connectivity index (χ0n) is 11.6. The van der Waals surface area contributed by atoms with Gasteiger partial charge in [-0.25, -0.2) is 8.42 Å². The van der Waals surface area contributed by atoms with E-state index in [1.807, 2.05) is 0 Å². The first kappa shape index (κ1) is 15.7. The highest BCUT2D eigenvalue weighted by atomic mass is 32.2. The molecule has 0 radical (unpaired) electrons. The summed E-state index contributed by atoms with van der Waals surface area (Å²) < 4.78 is 35.4. The molecule has 1 aliphatic rings. The third-order valence-electron chi connectivity index (χ3n) is 3.76. The van der Waals surface area contributed by atoms with E-state index < -0.39 is 20.6 Å². The Morgan fingerprint density at radius 3 is 2.30 bits per heavy atom. The molecule has 0 aromatic heterocycles. The van der Waals surface area contributed by atoms with E-state index in [-0.39, 0.29) is 16.2 Å². The Morgan fingerprint density at radius 1 is 1.10 bits per heavy atom. The van der Waals surface area contributed by atoms with E-state index in [4.69, 9.17) is 5.73 Å². The summed E-state index contributed by atoms with van der Waals surface area (Å²) in [6.07, 6.45) is 6.27. The second kappa shape index (κ2) is 6.37. The SMILES string of the molecule is CS(=O)(=O)c1ccc(S(=O)C2CCCCCC2N)cc1. The second-order valence-electron chi connectivity index (χ2n) is 5.38. The van der Waals surface area contributed by atoms with Crippen molar-refractivity contribution in [2.24, 2.45) is 5.73 Å². The lowest BCUT2D eigenvalue weighted by molar-refractivity contribution is 0.575. The van der Waals surface area contributed by atoms with Crippen molar-refractivity contribution in [3.05, 3.63) is 24.3 Å². The molecule has 1 saturated carbocycles. The van der Waals surface area contributed by atoms with Crippen molar-refractivity contribution in [3.8, 4) is 0 Å². The van der Waals surface area contributed by atoms with E-state index in [2.05, 4.69) is 0 Å². The van der Waals surface area contributed by atoms with Gasteiger partial charge in [0.05, 0.1) is 20.9 Å². The third kappa shape index (κ3) is 3.68. The normalized spacial score (nSPS) is 25.9. The van der Waals surface area contributed by atoms with Crippen LogP contribution in [0.2, 0.25) is 0 Å². The highest BCUT2D eigenvalue weighted by molar-refractivity contribution is 7.90. The smallest absolute Gasteiger partial charge is 0.175 e. The third-order valence-corrected chi connectivity index (χ3v) is 6.76. The van der Waals surface area contributed by atoms with Crippen LogP contribution < -0.4 is 5.73 Å². The molecular formula is C14H21NO3S2. The number of rotatable bonds is 3. The first-order valence-electron chi connectivity index (χ1n) is 6.86. The Balaban J connectivity index is 2.20. The molecule has 2 rings (SSSR count). The van der Waals surface area contributed by atoms with Crippen LogP contribution in [0, 0.1) is 0 Å². The second-order valence-corrected chi connectivity index (χ2v) is 9.07. The molecule has 1 aliphatic carbocycles. The molecule has 0 saturated heterocycles. The summed E-state index contributed by atoms with van der Waals surface area (Å²) in [4.78, 5) is 0.920. The topological polar surface area (TPSA) is 77.2 Å². The molecule has 3 atom stereocenters. The standard InChI is InChI=1S/C14H21NO3S2/c1-20(17,18)12-9-7-11(8-10-12)19(16)14-6-4-2-3-5-13(14)15/h7-10,13-14H,2-6,15H2,1H3. The van der Waals surface area contributed by atoms with E-state index >= 15 is 0 Å². The van der Waals surface area contributed by atoms with E-state index in [0.717, 1.165) is 32.1 Å². The Kier molecular flexibility index (Phi) is 4.99. The molecule has 0 bridgehead atoms. The Bertz CT molecular complexity index is 581. The summed E-state index contributed by atoms with van der Waals surface area (Å²) in [7, 11) is -4.38. The van der Waals surface area contributed by atoms with Crippen LogP contribution in [0.1, 0.15) is 32.1 Å². The predicted octanol–water partition coefficient (Wildman–Crippen LogP) is 1.86. The van der Waals surface area contributed by atoms with Crippen molar-refractivity contribution in [1.82, 2.24) is 0 Å². The van der Waals surface area contributed by atoms with Crippen molar-refractivity contribution in [1.29, 1.82) is 0 Å². The highest BCUT2D eigenvalue weighted by Gasteiger charge is 2.26. The van der Waals surface area contributed by atoms with Crippen LogP contribution in [-0.2, 0) is 20.6 Å². The fourth-order valence-electron chi connectivity index (χ4n) is 2.56. The largest absolute Gasteiger partial charge is 0.327 e. The van der Waals surface area contributed by atoms with Gasteiger partial charge in [0.2, 0.25) is 0 Å². The minimum absolute atomic E-state index is 0.0263. The maximum atomic E-state index is 12.6. The fraction of sp³-hybridized carbons (Fsp3) is 0.571. The van der Waals surface area contributed by atoms with Gasteiger partial charge in [-0.2, -0.15) is 0 Å². The number of hydrogen-bond donors (Lipinski definition) is 1. The van der Waals surface area contributed by atoms with Gasteiger partial charge in [-0.3, -0.25) is 4.21 Å². The van der Waals surface area contributed by atoms with Crippen LogP contribution in [0.15, 0.2) is 34.1 Å². The van der Waals surface area contributed by atoms with Crippen LogP contribution in [0.25, 0.3) is 0 Å². The number of hydrogen-bond acceptors (Lipinski definition) is 4. The monoisotopic (exact) mass is 315 g/mol. The molecule has 3 unspecified atom stereocenters. The van der Waals surface area contributed by atoms with Gasteiger partial charge in [-0.05, 0) is 37.1 Å². The van der Waals surface area contributed by atoms with Gasteiger partial charge in [0.25, 0.3) is 0 Å². The van der Waals surface area contributed by atoms with Gasteiger partial charge in [0.1, 0.15) is 0 Å². The van der Waals surface area contributed by atoms with Gasteiger partial charge in [0, 0.05) is 17.2 Å². The Hall–Kier alpha value is -0.720. The summed E-state index contributed by atoms with van der Waals surface area (Å²) in [5.74, 6) is 0. The average molecular weight is 315 g/mol. The molecule has 1 fully saturated rings. The molecule has 0 aliphatic heterocycles. The molecule has 0 amide bonds. The minimum Gasteiger partial charge on any atom is -0.327 e. The molecule has 1 aromatic carbocycles. The van der Waals surface area contributed by atoms with Crippen LogP contribution in [0.4, 0.5) is 0 Å². The maximum absolute atomic E-state index is 12.6. The van der Waals surface area contributed by atoms with E-state index in [9.17, 15) is 12.6 Å². The van der Waals surface area contributed by atoms with Crippen molar-refractivity contribution in [2.75, 3.05) is 6.26 Å². The van der Waals surface area contributed by atoms with Gasteiger partial charge < -0.3 is 5.73 Å². The average Bonchev–Trinajstić information content (AvgIpc) is 2.62. The lowest BCUT2D eigenvalue weighted by atomic mass is 10.1. The highest BCUT2D eigenvalue weighted by Crippen LogP contribution is 2.25. The number of sulfone groups is 1. The van der Waals surface area contributed by atoms with Crippen molar-refractivity contribution < 1.29 is 12.6 Å². The minimum atomic E-state index is -3.21. The van der Waals surface area contributed by atoms with Crippen molar-refractivity contribution >= 4 is 20.6 Å². The Labute approximate surface area is 123 Å². The van der Waals surface area contributed by atoms with Gasteiger partial charge in [-0.1, -0.05) is 19.3 Å². The van der Waals surface area contributed by atoms with E-state index in [1.165, 1.54) is 18.4 Å². The first-order valence-corrected chi connectivity index (χ1v) is 9.96. The van der Waals surface area contributed by atoms with Crippen LogP contribution in [0.5, 0.6) is 0 Å². The van der Waals surface area contributed by atoms with Gasteiger partial charge in [-0.15, -0.1) is 0 Å². The van der Waals surface area contributed by atoms with Gasteiger partial charge in [0.15, 0.2) is 9.84 Å². The number of nitrogens with two attached hydrogens (primary N) is 1. The summed E-state index contributed by atoms with van der Waals surface area (Å²) in [5, 5.41) is -0.0263. The quantitative estimate of drug-likeness (QED) is 0.864. The maximum Gasteiger partial charge on any atom is 0.175 e. The summed E-state index contributed by atoms with van der Waals surface area (Å²) in [6.45, 7) is 0. The lowest BCUT2D eigenvalue weighted by Gasteiger charge is -2.20. The molecule has 112 valence electrons. The van der Waals surface area contributed by atoms with Crippen molar-refractivity contribution in [3.63, 3.8) is 0 Å². The molecule has 0 spiro atoms. The fourth-order valence-corrected chi connectivity index (χ4v) is 4.78. The molecule has 4 nitrogen and oxygen atoms in total. The summed E-state index contributed by atoms with van der Waals surface area (Å²) >= 11 is 0. The Morgan fingerprint density at radius 2 is 1.70 bits per heavy atom. The molecular weight excluding hydrogens is 294 g/mol. The summed E-state index contributed by atoms with van der Waals surface area (Å²) in [6, 6.07) is 6.29. The molecule has 2 N–H and O–H groups in total. The van der Waals surface area contributed by atoms with Gasteiger partial charge >= 0.3 is 0 Å². The van der Waals surface area contributed by atoms with Crippen LogP contribution >= 0.6 is 0 Å². The van der Waals surface area contributed by atoms with E-state index in [0.29, 0.717) is 4.90 Å². The first-order chi connectivity index (χ1) is 9.39. The molecule has 1 aromatic rings. The zero-order valence-corrected chi connectivity index (χ0v) is 13.3. The van der Waals surface area contributed by atoms with Crippen molar-refractivity contribution in [2.45, 2.75) is 53.2 Å². The zero-order chi connectivity index (χ0) is 14.8. The number of benzene rings is 1. The van der Waals surface area contributed by atoms with Crippen LogP contribution in [0.3, 0.4) is 0 Å². The molecule has 20 heavy (non-hydrogen) atoms. The summed E-state index contributed by atoms with van der Waals surface area (Å²) in [5.41, 5.74) is 6.13. The van der Waals surface area contributed by atoms with E-state index in [1.54, 1.807) is 12.1 Å². The predicted molar refractivity (Wildman–Crippen MR) is 80.8 cm³/mol. The lowest BCUT2D eigenvalue weighted by Crippen LogP contribution is -2.36. The molecule has 0 heterocycles. The molecule has 6 heteroatoms.